The Morgan fingerprint density at radius 3 is 2.39 bits per heavy atom. The normalized spacial score (nSPS) is 11.9. The van der Waals surface area contributed by atoms with Crippen LogP contribution in [-0.2, 0) is 21.2 Å². The number of hydrogen-bond donors (Lipinski definition) is 1. The van der Waals surface area contributed by atoms with E-state index in [4.69, 9.17) is 4.42 Å². The van der Waals surface area contributed by atoms with Gasteiger partial charge in [0, 0.05) is 30.7 Å². The highest BCUT2D eigenvalue weighted by molar-refractivity contribution is 7.89. The average Bonchev–Trinajstić information content (AvgIpc) is 2.98. The third-order valence-corrected chi connectivity index (χ3v) is 6.81. The lowest BCUT2D eigenvalue weighted by Gasteiger charge is -2.15. The van der Waals surface area contributed by atoms with Crippen molar-refractivity contribution >= 4 is 32.6 Å². The van der Waals surface area contributed by atoms with E-state index >= 15 is 0 Å². The fourth-order valence-electron chi connectivity index (χ4n) is 3.00. The molecule has 7 heteroatoms. The Labute approximate surface area is 165 Å². The Bertz CT molecular complexity index is 1160. The molecule has 2 aromatic carbocycles. The standard InChI is InChI=1S/C21H24N2O4S/c1-13-6-7-17(11-20(13)28(25,26)23(4)5)22-21(24)10-16-12-27-19-9-15(3)14(2)8-18(16)19/h6-9,11-12H,10H2,1-5H3,(H,22,24). The molecule has 0 fully saturated rings. The predicted octanol–water partition coefficient (Wildman–Crippen LogP) is 3.79. The molecule has 0 radical (unpaired) electrons. The maximum atomic E-state index is 12.5. The van der Waals surface area contributed by atoms with Crippen molar-refractivity contribution in [1.82, 2.24) is 4.31 Å². The maximum absolute atomic E-state index is 12.5. The van der Waals surface area contributed by atoms with Crippen LogP contribution >= 0.6 is 0 Å². The second kappa shape index (κ2) is 7.41. The van der Waals surface area contributed by atoms with Crippen molar-refractivity contribution in [1.29, 1.82) is 0 Å². The molecule has 0 spiro atoms. The Hall–Kier alpha value is -2.64. The zero-order valence-electron chi connectivity index (χ0n) is 16.7. The lowest BCUT2D eigenvalue weighted by molar-refractivity contribution is -0.115. The summed E-state index contributed by atoms with van der Waals surface area (Å²) in [6.45, 7) is 5.76. The van der Waals surface area contributed by atoms with Gasteiger partial charge in [0.1, 0.15) is 5.58 Å². The van der Waals surface area contributed by atoms with Gasteiger partial charge in [-0.05, 0) is 61.7 Å². The molecule has 1 N–H and O–H groups in total. The second-order valence-corrected chi connectivity index (χ2v) is 9.31. The first-order valence-electron chi connectivity index (χ1n) is 8.90. The molecule has 0 aliphatic heterocycles. The first-order valence-corrected chi connectivity index (χ1v) is 10.3. The number of fused-ring (bicyclic) bond motifs is 1. The smallest absolute Gasteiger partial charge is 0.242 e. The van der Waals surface area contributed by atoms with Gasteiger partial charge in [-0.2, -0.15) is 0 Å². The SMILES string of the molecule is Cc1cc2occ(CC(=O)Nc3ccc(C)c(S(=O)(=O)N(C)C)c3)c2cc1C. The third kappa shape index (κ3) is 3.81. The van der Waals surface area contributed by atoms with Crippen molar-refractivity contribution in [2.75, 3.05) is 19.4 Å². The van der Waals surface area contributed by atoms with E-state index in [0.29, 0.717) is 11.3 Å². The number of sulfonamides is 1. The van der Waals surface area contributed by atoms with E-state index in [2.05, 4.69) is 5.32 Å². The zero-order valence-corrected chi connectivity index (χ0v) is 17.5. The van der Waals surface area contributed by atoms with E-state index < -0.39 is 10.0 Å². The Morgan fingerprint density at radius 2 is 1.71 bits per heavy atom. The van der Waals surface area contributed by atoms with Crippen molar-refractivity contribution in [2.24, 2.45) is 0 Å². The molecule has 6 nitrogen and oxygen atoms in total. The van der Waals surface area contributed by atoms with Gasteiger partial charge >= 0.3 is 0 Å². The number of furan rings is 1. The summed E-state index contributed by atoms with van der Waals surface area (Å²) in [6, 6.07) is 8.85. The number of nitrogens with one attached hydrogen (secondary N) is 1. The van der Waals surface area contributed by atoms with Crippen LogP contribution in [0.2, 0.25) is 0 Å². The number of nitrogens with zero attached hydrogens (tertiary/aromatic N) is 1. The minimum atomic E-state index is -3.59. The van der Waals surface area contributed by atoms with E-state index in [1.165, 1.54) is 20.2 Å². The van der Waals surface area contributed by atoms with Gasteiger partial charge in [-0.1, -0.05) is 6.07 Å². The van der Waals surface area contributed by atoms with Crippen LogP contribution < -0.4 is 5.32 Å². The molecule has 3 rings (SSSR count). The minimum absolute atomic E-state index is 0.138. The largest absolute Gasteiger partial charge is 0.464 e. The van der Waals surface area contributed by atoms with Crippen LogP contribution in [0.15, 0.2) is 45.9 Å². The number of benzene rings is 2. The molecule has 0 aliphatic carbocycles. The second-order valence-electron chi connectivity index (χ2n) is 7.19. The fourth-order valence-corrected chi connectivity index (χ4v) is 4.15. The summed E-state index contributed by atoms with van der Waals surface area (Å²) in [4.78, 5) is 12.7. The Kier molecular flexibility index (Phi) is 5.32. The highest BCUT2D eigenvalue weighted by atomic mass is 32.2. The lowest BCUT2D eigenvalue weighted by atomic mass is 10.0. The topological polar surface area (TPSA) is 79.6 Å². The molecule has 28 heavy (non-hydrogen) atoms. The van der Waals surface area contributed by atoms with Gasteiger partial charge in [0.25, 0.3) is 0 Å². The van der Waals surface area contributed by atoms with E-state index in [0.717, 1.165) is 32.0 Å². The number of anilines is 1. The summed E-state index contributed by atoms with van der Waals surface area (Å²) >= 11 is 0. The average molecular weight is 401 g/mol. The van der Waals surface area contributed by atoms with Gasteiger partial charge in [0.2, 0.25) is 15.9 Å². The first-order chi connectivity index (χ1) is 13.1. The van der Waals surface area contributed by atoms with Crippen LogP contribution in [0.25, 0.3) is 11.0 Å². The number of hydrogen-bond acceptors (Lipinski definition) is 4. The van der Waals surface area contributed by atoms with Crippen LogP contribution in [-0.4, -0.2) is 32.7 Å². The molecule has 1 amide bonds. The fraction of sp³-hybridized carbons (Fsp3) is 0.286. The van der Waals surface area contributed by atoms with Crippen molar-refractivity contribution in [3.05, 3.63) is 58.8 Å². The van der Waals surface area contributed by atoms with Gasteiger partial charge in [-0.15, -0.1) is 0 Å². The van der Waals surface area contributed by atoms with Crippen molar-refractivity contribution in [3.63, 3.8) is 0 Å². The number of carbonyl (C=O) groups is 1. The van der Waals surface area contributed by atoms with Crippen molar-refractivity contribution in [2.45, 2.75) is 32.1 Å². The highest BCUT2D eigenvalue weighted by Crippen LogP contribution is 2.26. The molecule has 1 aromatic heterocycles. The van der Waals surface area contributed by atoms with Gasteiger partial charge in [0.15, 0.2) is 0 Å². The summed E-state index contributed by atoms with van der Waals surface area (Å²) in [5.74, 6) is -0.238. The molecule has 3 aromatic rings. The van der Waals surface area contributed by atoms with E-state index in [9.17, 15) is 13.2 Å². The van der Waals surface area contributed by atoms with Crippen LogP contribution in [0.1, 0.15) is 22.3 Å². The summed E-state index contributed by atoms with van der Waals surface area (Å²) in [6.07, 6.45) is 1.74. The summed E-state index contributed by atoms with van der Waals surface area (Å²) in [5, 5.41) is 3.70. The molecule has 0 atom stereocenters. The predicted molar refractivity (Wildman–Crippen MR) is 110 cm³/mol. The zero-order chi connectivity index (χ0) is 20.6. The van der Waals surface area contributed by atoms with E-state index in [1.54, 1.807) is 25.3 Å². The molecule has 0 aliphatic rings. The quantitative estimate of drug-likeness (QED) is 0.707. The maximum Gasteiger partial charge on any atom is 0.242 e. The number of carbonyl (C=O) groups excluding carboxylic acids is 1. The summed E-state index contributed by atoms with van der Waals surface area (Å²) in [5.41, 5.74) is 4.87. The Balaban J connectivity index is 1.84. The Morgan fingerprint density at radius 1 is 1.04 bits per heavy atom. The summed E-state index contributed by atoms with van der Waals surface area (Å²) < 4.78 is 31.6. The minimum Gasteiger partial charge on any atom is -0.464 e. The molecular formula is C21H24N2O4S. The van der Waals surface area contributed by atoms with Crippen molar-refractivity contribution < 1.29 is 17.6 Å². The molecule has 0 unspecified atom stereocenters. The first kappa shape index (κ1) is 20.1. The molecule has 0 bridgehead atoms. The van der Waals surface area contributed by atoms with Crippen LogP contribution in [0.4, 0.5) is 5.69 Å². The highest BCUT2D eigenvalue weighted by Gasteiger charge is 2.20. The van der Waals surface area contributed by atoms with Crippen molar-refractivity contribution in [3.8, 4) is 0 Å². The molecule has 0 saturated heterocycles. The number of rotatable bonds is 5. The lowest BCUT2D eigenvalue weighted by Crippen LogP contribution is -2.23. The van der Waals surface area contributed by atoms with E-state index in [-0.39, 0.29) is 17.2 Å². The van der Waals surface area contributed by atoms with Crippen LogP contribution in [0, 0.1) is 20.8 Å². The third-order valence-electron chi connectivity index (χ3n) is 4.85. The molecule has 148 valence electrons. The van der Waals surface area contributed by atoms with Gasteiger partial charge in [-0.25, -0.2) is 12.7 Å². The molecule has 1 heterocycles. The van der Waals surface area contributed by atoms with Gasteiger partial charge < -0.3 is 9.73 Å². The van der Waals surface area contributed by atoms with Gasteiger partial charge in [-0.3, -0.25) is 4.79 Å². The molecule has 0 saturated carbocycles. The summed E-state index contributed by atoms with van der Waals surface area (Å²) in [7, 11) is -0.627. The number of aryl methyl sites for hydroxylation is 3. The monoisotopic (exact) mass is 400 g/mol. The molecular weight excluding hydrogens is 376 g/mol. The van der Waals surface area contributed by atoms with Crippen LogP contribution in [0.5, 0.6) is 0 Å². The van der Waals surface area contributed by atoms with E-state index in [1.807, 2.05) is 26.0 Å². The van der Waals surface area contributed by atoms with Gasteiger partial charge in [0.05, 0.1) is 17.6 Å². The number of amides is 1. The van der Waals surface area contributed by atoms with Crippen LogP contribution in [0.3, 0.4) is 0 Å².